The lowest BCUT2D eigenvalue weighted by atomic mass is 9.95. The van der Waals surface area contributed by atoms with Crippen LogP contribution >= 0.6 is 34.7 Å². The molecule has 0 spiro atoms. The zero-order chi connectivity index (χ0) is 14.8. The Kier molecular flexibility index (Phi) is 4.92. The lowest BCUT2D eigenvalue weighted by Gasteiger charge is -2.28. The van der Waals surface area contributed by atoms with E-state index < -0.39 is 0 Å². The molecular formula is C15H20ClN3S2. The van der Waals surface area contributed by atoms with Crippen LogP contribution in [0.25, 0.3) is 10.2 Å². The number of thiophene rings is 1. The first-order chi connectivity index (χ1) is 10.2. The first-order valence-electron chi connectivity index (χ1n) is 7.45. The van der Waals surface area contributed by atoms with Crippen LogP contribution < -0.4 is 5.32 Å². The summed E-state index contributed by atoms with van der Waals surface area (Å²) in [7, 11) is 0. The standard InChI is InChI=1S/C15H20ClN3S2/c1-3-10-8-12-13(18-15(16)19-14(12)21-10)17-9-4-6-11(20-2)7-5-9/h8-9,11H,3-7H2,1-2H3,(H,17,18,19). The van der Waals surface area contributed by atoms with Gasteiger partial charge in [-0.15, -0.1) is 11.3 Å². The highest BCUT2D eigenvalue weighted by Crippen LogP contribution is 2.33. The number of halogens is 1. The van der Waals surface area contributed by atoms with Crippen molar-refractivity contribution in [1.29, 1.82) is 0 Å². The lowest BCUT2D eigenvalue weighted by molar-refractivity contribution is 0.472. The lowest BCUT2D eigenvalue weighted by Crippen LogP contribution is -2.27. The first kappa shape index (κ1) is 15.4. The summed E-state index contributed by atoms with van der Waals surface area (Å²) in [6.45, 7) is 2.16. The van der Waals surface area contributed by atoms with E-state index in [0.717, 1.165) is 27.7 Å². The van der Waals surface area contributed by atoms with Gasteiger partial charge in [0.1, 0.15) is 10.6 Å². The predicted molar refractivity (Wildman–Crippen MR) is 95.0 cm³/mol. The molecule has 1 saturated carbocycles. The molecule has 0 atom stereocenters. The fourth-order valence-corrected chi connectivity index (χ4v) is 4.80. The van der Waals surface area contributed by atoms with Gasteiger partial charge in [-0.3, -0.25) is 0 Å². The molecule has 2 aromatic rings. The van der Waals surface area contributed by atoms with Gasteiger partial charge in [0.05, 0.1) is 5.39 Å². The predicted octanol–water partition coefficient (Wildman–Crippen LogP) is 4.99. The van der Waals surface area contributed by atoms with Crippen molar-refractivity contribution in [2.24, 2.45) is 0 Å². The minimum absolute atomic E-state index is 0.340. The number of fused-ring (bicyclic) bond motifs is 1. The smallest absolute Gasteiger partial charge is 0.225 e. The molecular weight excluding hydrogens is 322 g/mol. The molecule has 0 bridgehead atoms. The molecule has 1 fully saturated rings. The second kappa shape index (κ2) is 6.71. The molecule has 6 heteroatoms. The summed E-state index contributed by atoms with van der Waals surface area (Å²) in [5.41, 5.74) is 0. The zero-order valence-corrected chi connectivity index (χ0v) is 14.7. The van der Waals surface area contributed by atoms with Crippen molar-refractivity contribution in [3.05, 3.63) is 16.2 Å². The van der Waals surface area contributed by atoms with Gasteiger partial charge in [0.25, 0.3) is 0 Å². The van der Waals surface area contributed by atoms with E-state index in [1.165, 1.54) is 30.6 Å². The summed E-state index contributed by atoms with van der Waals surface area (Å²) in [5.74, 6) is 0.911. The van der Waals surface area contributed by atoms with Gasteiger partial charge < -0.3 is 5.32 Å². The van der Waals surface area contributed by atoms with Gasteiger partial charge in [-0.05, 0) is 56.0 Å². The maximum absolute atomic E-state index is 6.08. The zero-order valence-electron chi connectivity index (χ0n) is 12.4. The van der Waals surface area contributed by atoms with Crippen LogP contribution in [0.15, 0.2) is 6.07 Å². The van der Waals surface area contributed by atoms with Crippen LogP contribution in [-0.4, -0.2) is 27.5 Å². The van der Waals surface area contributed by atoms with Crippen molar-refractivity contribution in [2.45, 2.75) is 50.3 Å². The minimum atomic E-state index is 0.340. The van der Waals surface area contributed by atoms with Crippen molar-refractivity contribution < 1.29 is 0 Å². The molecule has 0 aromatic carbocycles. The molecule has 3 nitrogen and oxygen atoms in total. The van der Waals surface area contributed by atoms with E-state index in [0.29, 0.717) is 11.3 Å². The van der Waals surface area contributed by atoms with E-state index in [4.69, 9.17) is 11.6 Å². The minimum Gasteiger partial charge on any atom is -0.367 e. The Morgan fingerprint density at radius 1 is 1.33 bits per heavy atom. The average molecular weight is 342 g/mol. The summed E-state index contributed by atoms with van der Waals surface area (Å²) in [6.07, 6.45) is 8.22. The third-order valence-electron chi connectivity index (χ3n) is 4.11. The van der Waals surface area contributed by atoms with Crippen molar-refractivity contribution in [3.63, 3.8) is 0 Å². The Labute approximate surface area is 138 Å². The molecule has 1 N–H and O–H groups in total. The summed E-state index contributed by atoms with van der Waals surface area (Å²) in [4.78, 5) is 11.1. The summed E-state index contributed by atoms with van der Waals surface area (Å²) < 4.78 is 0. The molecule has 114 valence electrons. The van der Waals surface area contributed by atoms with Crippen LogP contribution in [0.3, 0.4) is 0 Å². The quantitative estimate of drug-likeness (QED) is 0.795. The highest BCUT2D eigenvalue weighted by atomic mass is 35.5. The van der Waals surface area contributed by atoms with Gasteiger partial charge in [0.15, 0.2) is 0 Å². The average Bonchev–Trinajstić information content (AvgIpc) is 2.91. The Hall–Kier alpha value is -0.520. The van der Waals surface area contributed by atoms with Crippen LogP contribution in [0.4, 0.5) is 5.82 Å². The highest BCUT2D eigenvalue weighted by Gasteiger charge is 2.21. The molecule has 0 aliphatic heterocycles. The largest absolute Gasteiger partial charge is 0.367 e. The molecule has 21 heavy (non-hydrogen) atoms. The third-order valence-corrected chi connectivity index (χ3v) is 6.59. The van der Waals surface area contributed by atoms with Crippen LogP contribution in [0.1, 0.15) is 37.5 Å². The normalized spacial score (nSPS) is 22.6. The Morgan fingerprint density at radius 2 is 2.10 bits per heavy atom. The second-order valence-corrected chi connectivity index (χ2v) is 8.07. The number of aryl methyl sites for hydroxylation is 1. The van der Waals surface area contributed by atoms with Gasteiger partial charge in [-0.2, -0.15) is 11.8 Å². The maximum Gasteiger partial charge on any atom is 0.225 e. The van der Waals surface area contributed by atoms with Crippen LogP contribution in [-0.2, 0) is 6.42 Å². The molecule has 2 heterocycles. The van der Waals surface area contributed by atoms with Crippen LogP contribution in [0.2, 0.25) is 5.28 Å². The van der Waals surface area contributed by atoms with E-state index in [2.05, 4.69) is 34.5 Å². The molecule has 3 rings (SSSR count). The van der Waals surface area contributed by atoms with Crippen molar-refractivity contribution in [2.75, 3.05) is 11.6 Å². The van der Waals surface area contributed by atoms with Crippen molar-refractivity contribution in [3.8, 4) is 0 Å². The van der Waals surface area contributed by atoms with Gasteiger partial charge in [-0.1, -0.05) is 6.92 Å². The van der Waals surface area contributed by atoms with Crippen LogP contribution in [0, 0.1) is 0 Å². The summed E-state index contributed by atoms with van der Waals surface area (Å²) in [5, 5.41) is 5.89. The second-order valence-electron chi connectivity index (χ2n) is 5.48. The van der Waals surface area contributed by atoms with Crippen LogP contribution in [0.5, 0.6) is 0 Å². The van der Waals surface area contributed by atoms with Gasteiger partial charge in [0, 0.05) is 16.2 Å². The molecule has 0 radical (unpaired) electrons. The van der Waals surface area contributed by atoms with E-state index in [-0.39, 0.29) is 0 Å². The molecule has 1 aliphatic rings. The maximum atomic E-state index is 6.08. The van der Waals surface area contributed by atoms with Crippen molar-refractivity contribution >= 4 is 50.7 Å². The molecule has 0 saturated heterocycles. The number of nitrogens with zero attached hydrogens (tertiary/aromatic N) is 2. The van der Waals surface area contributed by atoms with Gasteiger partial charge >= 0.3 is 0 Å². The number of nitrogens with one attached hydrogen (secondary N) is 1. The van der Waals surface area contributed by atoms with E-state index in [1.807, 2.05) is 11.8 Å². The molecule has 0 unspecified atom stereocenters. The first-order valence-corrected chi connectivity index (χ1v) is 9.93. The molecule has 0 amide bonds. The molecule has 2 aromatic heterocycles. The summed E-state index contributed by atoms with van der Waals surface area (Å²) >= 11 is 9.79. The Morgan fingerprint density at radius 3 is 2.76 bits per heavy atom. The van der Waals surface area contributed by atoms with Crippen molar-refractivity contribution in [1.82, 2.24) is 9.97 Å². The number of thioether (sulfide) groups is 1. The number of hydrogen-bond acceptors (Lipinski definition) is 5. The SMILES string of the molecule is CCc1cc2c(NC3CCC(SC)CC3)nc(Cl)nc2s1. The number of hydrogen-bond donors (Lipinski definition) is 1. The summed E-state index contributed by atoms with van der Waals surface area (Å²) in [6, 6.07) is 2.71. The highest BCUT2D eigenvalue weighted by molar-refractivity contribution is 7.99. The number of anilines is 1. The number of aromatic nitrogens is 2. The topological polar surface area (TPSA) is 37.8 Å². The third kappa shape index (κ3) is 3.46. The number of rotatable bonds is 4. The fourth-order valence-electron chi connectivity index (χ4n) is 2.87. The van der Waals surface area contributed by atoms with E-state index >= 15 is 0 Å². The Balaban J connectivity index is 1.81. The van der Waals surface area contributed by atoms with E-state index in [1.54, 1.807) is 11.3 Å². The molecule has 1 aliphatic carbocycles. The Bertz CT molecular complexity index is 621. The van der Waals surface area contributed by atoms with E-state index in [9.17, 15) is 0 Å². The van der Waals surface area contributed by atoms with Gasteiger partial charge in [-0.25, -0.2) is 9.97 Å². The fraction of sp³-hybridized carbons (Fsp3) is 0.600. The van der Waals surface area contributed by atoms with Gasteiger partial charge in [0.2, 0.25) is 5.28 Å². The monoisotopic (exact) mass is 341 g/mol.